The largest absolute Gasteiger partial charge is 0.494 e. The number of esters is 1. The average molecular weight is 615 g/mol. The molecule has 3 amide bonds. The van der Waals surface area contributed by atoms with Crippen LogP contribution in [0.4, 0.5) is 5.69 Å². The van der Waals surface area contributed by atoms with Crippen LogP contribution in [0.15, 0.2) is 71.8 Å². The van der Waals surface area contributed by atoms with Crippen LogP contribution in [-0.4, -0.2) is 49.7 Å². The number of carbonyl (C=O) groups is 4. The SMILES string of the molecule is CCCCOc1ccc(C(=O)Oc2ccc(/C=N\NC(=O)C(=O)Nc3ccccc3C(=O)NC3CCCCC3)cc2OC)cc1. The predicted molar refractivity (Wildman–Crippen MR) is 170 cm³/mol. The van der Waals surface area contributed by atoms with Crippen molar-refractivity contribution in [1.82, 2.24) is 10.7 Å². The predicted octanol–water partition coefficient (Wildman–Crippen LogP) is 5.24. The summed E-state index contributed by atoms with van der Waals surface area (Å²) in [6.07, 6.45) is 8.43. The van der Waals surface area contributed by atoms with Gasteiger partial charge in [0.1, 0.15) is 5.75 Å². The fourth-order valence-electron chi connectivity index (χ4n) is 4.72. The summed E-state index contributed by atoms with van der Waals surface area (Å²) in [7, 11) is 1.43. The first-order chi connectivity index (χ1) is 21.9. The molecular weight excluding hydrogens is 576 g/mol. The van der Waals surface area contributed by atoms with E-state index in [1.807, 2.05) is 0 Å². The van der Waals surface area contributed by atoms with Crippen LogP contribution in [-0.2, 0) is 9.59 Å². The van der Waals surface area contributed by atoms with Gasteiger partial charge in [-0.2, -0.15) is 5.10 Å². The van der Waals surface area contributed by atoms with Crippen molar-refractivity contribution in [2.75, 3.05) is 19.0 Å². The van der Waals surface area contributed by atoms with Crippen LogP contribution in [0.5, 0.6) is 17.2 Å². The van der Waals surface area contributed by atoms with Gasteiger partial charge in [0, 0.05) is 6.04 Å². The topological polar surface area (TPSA) is 144 Å². The molecule has 4 rings (SSSR count). The number of benzene rings is 3. The fourth-order valence-corrected chi connectivity index (χ4v) is 4.72. The third-order valence-corrected chi connectivity index (χ3v) is 7.19. The summed E-state index contributed by atoms with van der Waals surface area (Å²) < 4.78 is 16.5. The smallest absolute Gasteiger partial charge is 0.343 e. The molecule has 0 heterocycles. The Balaban J connectivity index is 1.31. The van der Waals surface area contributed by atoms with Gasteiger partial charge in [0.2, 0.25) is 0 Å². The number of anilines is 1. The molecule has 0 aliphatic heterocycles. The summed E-state index contributed by atoms with van der Waals surface area (Å²) in [5.74, 6) is -1.74. The van der Waals surface area contributed by atoms with Crippen molar-refractivity contribution in [2.24, 2.45) is 5.10 Å². The number of carbonyl (C=O) groups excluding carboxylic acids is 4. The first kappa shape index (κ1) is 32.7. The van der Waals surface area contributed by atoms with Crippen molar-refractivity contribution in [3.8, 4) is 17.2 Å². The summed E-state index contributed by atoms with van der Waals surface area (Å²) >= 11 is 0. The van der Waals surface area contributed by atoms with Crippen molar-refractivity contribution >= 4 is 35.6 Å². The minimum Gasteiger partial charge on any atom is -0.494 e. The Morgan fingerprint density at radius 3 is 2.40 bits per heavy atom. The molecule has 0 saturated heterocycles. The number of amides is 3. The molecule has 11 nitrogen and oxygen atoms in total. The van der Waals surface area contributed by atoms with Crippen LogP contribution < -0.4 is 30.3 Å². The van der Waals surface area contributed by atoms with E-state index in [1.54, 1.807) is 60.7 Å². The van der Waals surface area contributed by atoms with E-state index < -0.39 is 17.8 Å². The van der Waals surface area contributed by atoms with E-state index in [0.29, 0.717) is 23.5 Å². The second-order valence-corrected chi connectivity index (χ2v) is 10.5. The Labute approximate surface area is 262 Å². The summed E-state index contributed by atoms with van der Waals surface area (Å²) in [4.78, 5) is 50.5. The van der Waals surface area contributed by atoms with E-state index in [2.05, 4.69) is 28.1 Å². The number of hydrazone groups is 1. The third-order valence-electron chi connectivity index (χ3n) is 7.19. The van der Waals surface area contributed by atoms with Gasteiger partial charge >= 0.3 is 17.8 Å². The molecule has 3 aromatic rings. The van der Waals surface area contributed by atoms with Gasteiger partial charge < -0.3 is 24.8 Å². The van der Waals surface area contributed by atoms with Crippen LogP contribution >= 0.6 is 0 Å². The lowest BCUT2D eigenvalue weighted by atomic mass is 9.95. The highest BCUT2D eigenvalue weighted by molar-refractivity contribution is 6.40. The number of ether oxygens (including phenoxy) is 3. The van der Waals surface area contributed by atoms with Gasteiger partial charge in [-0.25, -0.2) is 10.2 Å². The first-order valence-corrected chi connectivity index (χ1v) is 15.0. The van der Waals surface area contributed by atoms with Crippen LogP contribution in [0.1, 0.15) is 78.1 Å². The molecule has 0 atom stereocenters. The lowest BCUT2D eigenvalue weighted by molar-refractivity contribution is -0.136. The second-order valence-electron chi connectivity index (χ2n) is 10.5. The van der Waals surface area contributed by atoms with E-state index in [4.69, 9.17) is 14.2 Å². The molecule has 1 fully saturated rings. The summed E-state index contributed by atoms with van der Waals surface area (Å²) in [6, 6.07) is 18.0. The van der Waals surface area contributed by atoms with Gasteiger partial charge in [-0.1, -0.05) is 44.7 Å². The molecule has 0 aromatic heterocycles. The standard InChI is InChI=1S/C34H38N4O7/c1-3-4-20-44-26-17-15-24(16-18-26)34(42)45-29-19-14-23(21-30(29)43-2)22-35-38-33(41)32(40)37-28-13-9-8-12-27(28)31(39)36-25-10-6-5-7-11-25/h8-9,12-19,21-22,25H,3-7,10-11,20H2,1-2H3,(H,36,39)(H,37,40)(H,38,41)/b35-22-. The number of methoxy groups -OCH3 is 1. The van der Waals surface area contributed by atoms with Gasteiger partial charge in [0.15, 0.2) is 11.5 Å². The molecule has 0 bridgehead atoms. The number of hydrogen-bond acceptors (Lipinski definition) is 8. The lowest BCUT2D eigenvalue weighted by Gasteiger charge is -2.23. The van der Waals surface area contributed by atoms with Crippen molar-refractivity contribution < 1.29 is 33.4 Å². The number of rotatable bonds is 12. The van der Waals surface area contributed by atoms with Crippen molar-refractivity contribution in [1.29, 1.82) is 0 Å². The number of unbranched alkanes of at least 4 members (excludes halogenated alkanes) is 1. The average Bonchev–Trinajstić information content (AvgIpc) is 3.06. The number of nitrogens with one attached hydrogen (secondary N) is 3. The molecule has 3 N–H and O–H groups in total. The van der Waals surface area contributed by atoms with Gasteiger partial charge in [-0.05, 0) is 79.4 Å². The summed E-state index contributed by atoms with van der Waals surface area (Å²) in [5.41, 5.74) is 3.52. The minimum atomic E-state index is -1.02. The second kappa shape index (κ2) is 16.6. The highest BCUT2D eigenvalue weighted by atomic mass is 16.6. The first-order valence-electron chi connectivity index (χ1n) is 15.0. The normalized spacial score (nSPS) is 13.1. The molecule has 1 saturated carbocycles. The Bertz CT molecular complexity index is 1520. The van der Waals surface area contributed by atoms with Gasteiger partial charge in [0.05, 0.1) is 36.7 Å². The summed E-state index contributed by atoms with van der Waals surface area (Å²) in [6.45, 7) is 2.69. The van der Waals surface area contributed by atoms with Crippen molar-refractivity contribution in [3.05, 3.63) is 83.4 Å². The molecule has 11 heteroatoms. The maximum absolute atomic E-state index is 12.8. The van der Waals surface area contributed by atoms with Gasteiger partial charge in [-0.3, -0.25) is 14.4 Å². The van der Waals surface area contributed by atoms with Gasteiger partial charge in [0.25, 0.3) is 5.91 Å². The molecule has 45 heavy (non-hydrogen) atoms. The number of hydrogen-bond donors (Lipinski definition) is 3. The van der Waals surface area contributed by atoms with Crippen molar-refractivity contribution in [2.45, 2.75) is 57.9 Å². The zero-order valence-corrected chi connectivity index (χ0v) is 25.5. The van der Waals surface area contributed by atoms with E-state index in [-0.39, 0.29) is 34.7 Å². The Morgan fingerprint density at radius 1 is 0.911 bits per heavy atom. The van der Waals surface area contributed by atoms with Crippen molar-refractivity contribution in [3.63, 3.8) is 0 Å². The third kappa shape index (κ3) is 9.65. The zero-order chi connectivity index (χ0) is 32.0. The Hall–Kier alpha value is -5.19. The monoisotopic (exact) mass is 614 g/mol. The molecule has 0 spiro atoms. The van der Waals surface area contributed by atoms with E-state index in [0.717, 1.165) is 44.9 Å². The number of nitrogens with zero attached hydrogens (tertiary/aromatic N) is 1. The lowest BCUT2D eigenvalue weighted by Crippen LogP contribution is -2.37. The maximum Gasteiger partial charge on any atom is 0.343 e. The molecule has 0 radical (unpaired) electrons. The molecular formula is C34H38N4O7. The van der Waals surface area contributed by atoms with E-state index in [9.17, 15) is 19.2 Å². The molecule has 1 aliphatic carbocycles. The molecule has 3 aromatic carbocycles. The molecule has 1 aliphatic rings. The van der Waals surface area contributed by atoms with Crippen LogP contribution in [0, 0.1) is 0 Å². The van der Waals surface area contributed by atoms with Crippen LogP contribution in [0.25, 0.3) is 0 Å². The van der Waals surface area contributed by atoms with E-state index >= 15 is 0 Å². The van der Waals surface area contributed by atoms with Gasteiger partial charge in [-0.15, -0.1) is 0 Å². The van der Waals surface area contributed by atoms with Crippen LogP contribution in [0.3, 0.4) is 0 Å². The van der Waals surface area contributed by atoms with Crippen LogP contribution in [0.2, 0.25) is 0 Å². The quantitative estimate of drug-likeness (QED) is 0.0632. The van der Waals surface area contributed by atoms with E-state index in [1.165, 1.54) is 19.4 Å². The number of para-hydroxylation sites is 1. The highest BCUT2D eigenvalue weighted by Crippen LogP contribution is 2.29. The molecule has 236 valence electrons. The Morgan fingerprint density at radius 2 is 1.67 bits per heavy atom. The Kier molecular flexibility index (Phi) is 12.1. The molecule has 0 unspecified atom stereocenters. The highest BCUT2D eigenvalue weighted by Gasteiger charge is 2.21. The fraction of sp³-hybridized carbons (Fsp3) is 0.324. The maximum atomic E-state index is 12.8. The zero-order valence-electron chi connectivity index (χ0n) is 25.5. The summed E-state index contributed by atoms with van der Waals surface area (Å²) in [5, 5.41) is 9.35. The minimum absolute atomic E-state index is 0.0974.